The lowest BCUT2D eigenvalue weighted by Crippen LogP contribution is -2.24. The van der Waals surface area contributed by atoms with Crippen LogP contribution >= 0.6 is 0 Å². The van der Waals surface area contributed by atoms with E-state index in [0.717, 1.165) is 16.8 Å². The summed E-state index contributed by atoms with van der Waals surface area (Å²) < 4.78 is 29.8. The number of hydrogen-bond donors (Lipinski definition) is 1. The van der Waals surface area contributed by atoms with Crippen LogP contribution in [0.1, 0.15) is 22.5 Å². The van der Waals surface area contributed by atoms with Gasteiger partial charge in [0.15, 0.2) is 0 Å². The van der Waals surface area contributed by atoms with Gasteiger partial charge in [0.2, 0.25) is 10.0 Å². The molecule has 130 valence electrons. The van der Waals surface area contributed by atoms with Crippen molar-refractivity contribution >= 4 is 10.0 Å². The first-order valence-electron chi connectivity index (χ1n) is 7.90. The van der Waals surface area contributed by atoms with Crippen molar-refractivity contribution in [2.45, 2.75) is 32.2 Å². The Kier molecular flexibility index (Phi) is 4.69. The molecule has 1 aromatic carbocycles. The standard InChI is InChI=1S/C18H20N4O2S/c1-13-6-8-17(9-7-13)22-15(3)18(14(2)21-22)25(23,24)20-12-16-5-4-10-19-11-16/h4-11,20H,12H2,1-3H3. The fourth-order valence-electron chi connectivity index (χ4n) is 2.71. The summed E-state index contributed by atoms with van der Waals surface area (Å²) in [5, 5.41) is 4.42. The fraction of sp³-hybridized carbons (Fsp3) is 0.222. The molecular weight excluding hydrogens is 336 g/mol. The molecule has 3 rings (SSSR count). The molecule has 0 fully saturated rings. The minimum atomic E-state index is -3.68. The van der Waals surface area contributed by atoms with Gasteiger partial charge in [0.05, 0.1) is 17.1 Å². The van der Waals surface area contributed by atoms with Crippen LogP contribution in [0.15, 0.2) is 53.7 Å². The molecule has 0 radical (unpaired) electrons. The van der Waals surface area contributed by atoms with Crippen molar-refractivity contribution in [3.05, 3.63) is 71.3 Å². The normalized spacial score (nSPS) is 11.6. The van der Waals surface area contributed by atoms with Crippen LogP contribution in [0.5, 0.6) is 0 Å². The molecule has 1 N–H and O–H groups in total. The van der Waals surface area contributed by atoms with E-state index in [4.69, 9.17) is 0 Å². The molecule has 7 heteroatoms. The van der Waals surface area contributed by atoms with Gasteiger partial charge < -0.3 is 0 Å². The second-order valence-electron chi connectivity index (χ2n) is 5.93. The lowest BCUT2D eigenvalue weighted by molar-refractivity contribution is 0.580. The number of sulfonamides is 1. The van der Waals surface area contributed by atoms with Crippen LogP contribution in [0.2, 0.25) is 0 Å². The number of hydrogen-bond acceptors (Lipinski definition) is 4. The highest BCUT2D eigenvalue weighted by Gasteiger charge is 2.24. The predicted molar refractivity (Wildman–Crippen MR) is 96.0 cm³/mol. The molecule has 0 aliphatic heterocycles. The van der Waals surface area contributed by atoms with E-state index in [9.17, 15) is 8.42 Å². The van der Waals surface area contributed by atoms with Crippen LogP contribution in [0.25, 0.3) is 5.69 Å². The average molecular weight is 356 g/mol. The number of pyridine rings is 1. The third-order valence-electron chi connectivity index (χ3n) is 3.96. The Labute approximate surface area is 147 Å². The second-order valence-corrected chi connectivity index (χ2v) is 7.64. The summed E-state index contributed by atoms with van der Waals surface area (Å²) in [6, 6.07) is 11.4. The molecule has 0 saturated heterocycles. The van der Waals surface area contributed by atoms with Gasteiger partial charge >= 0.3 is 0 Å². The first kappa shape index (κ1) is 17.3. The lowest BCUT2D eigenvalue weighted by atomic mass is 10.2. The molecular formula is C18H20N4O2S. The van der Waals surface area contributed by atoms with E-state index in [2.05, 4.69) is 14.8 Å². The molecule has 6 nitrogen and oxygen atoms in total. The molecule has 0 saturated carbocycles. The van der Waals surface area contributed by atoms with Gasteiger partial charge in [0, 0.05) is 18.9 Å². The maximum atomic E-state index is 12.8. The Morgan fingerprint density at radius 3 is 2.44 bits per heavy atom. The molecule has 3 aromatic rings. The summed E-state index contributed by atoms with van der Waals surface area (Å²) in [5.41, 5.74) is 3.82. The maximum Gasteiger partial charge on any atom is 0.244 e. The highest BCUT2D eigenvalue weighted by molar-refractivity contribution is 7.89. The van der Waals surface area contributed by atoms with Gasteiger partial charge in [-0.05, 0) is 44.5 Å². The van der Waals surface area contributed by atoms with Gasteiger partial charge in [-0.25, -0.2) is 17.8 Å². The fourth-order valence-corrected chi connectivity index (χ4v) is 4.11. The summed E-state index contributed by atoms with van der Waals surface area (Å²) in [4.78, 5) is 4.21. The summed E-state index contributed by atoms with van der Waals surface area (Å²) in [6.45, 7) is 5.66. The summed E-state index contributed by atoms with van der Waals surface area (Å²) in [5.74, 6) is 0. The molecule has 0 amide bonds. The van der Waals surface area contributed by atoms with E-state index >= 15 is 0 Å². The lowest BCUT2D eigenvalue weighted by Gasteiger charge is -2.08. The molecule has 2 heterocycles. The SMILES string of the molecule is Cc1ccc(-n2nc(C)c(S(=O)(=O)NCc3cccnc3)c2C)cc1. The number of aromatic nitrogens is 3. The highest BCUT2D eigenvalue weighted by Crippen LogP contribution is 2.22. The Balaban J connectivity index is 1.92. The van der Waals surface area contributed by atoms with E-state index < -0.39 is 10.0 Å². The third-order valence-corrected chi connectivity index (χ3v) is 5.61. The zero-order valence-electron chi connectivity index (χ0n) is 14.4. The van der Waals surface area contributed by atoms with E-state index in [0.29, 0.717) is 11.4 Å². The number of nitrogens with zero attached hydrogens (tertiary/aromatic N) is 3. The number of aryl methyl sites for hydroxylation is 2. The van der Waals surface area contributed by atoms with Crippen LogP contribution in [0, 0.1) is 20.8 Å². The monoisotopic (exact) mass is 356 g/mol. The Bertz CT molecular complexity index is 978. The molecule has 0 spiro atoms. The number of nitrogens with one attached hydrogen (secondary N) is 1. The smallest absolute Gasteiger partial charge is 0.244 e. The van der Waals surface area contributed by atoms with E-state index in [1.165, 1.54) is 0 Å². The molecule has 2 aromatic heterocycles. The Morgan fingerprint density at radius 1 is 1.08 bits per heavy atom. The topological polar surface area (TPSA) is 76.9 Å². The summed E-state index contributed by atoms with van der Waals surface area (Å²) in [6.07, 6.45) is 3.29. The molecule has 25 heavy (non-hydrogen) atoms. The van der Waals surface area contributed by atoms with Crippen molar-refractivity contribution in [3.63, 3.8) is 0 Å². The van der Waals surface area contributed by atoms with Crippen LogP contribution < -0.4 is 4.72 Å². The van der Waals surface area contributed by atoms with Gasteiger partial charge in [-0.3, -0.25) is 4.98 Å². The highest BCUT2D eigenvalue weighted by atomic mass is 32.2. The summed E-state index contributed by atoms with van der Waals surface area (Å²) in [7, 11) is -3.68. The molecule has 0 aliphatic rings. The van der Waals surface area contributed by atoms with Gasteiger partial charge in [-0.15, -0.1) is 0 Å². The van der Waals surface area contributed by atoms with E-state index in [1.54, 1.807) is 37.0 Å². The third kappa shape index (κ3) is 3.62. The predicted octanol–water partition coefficient (Wildman–Crippen LogP) is 2.67. The zero-order chi connectivity index (χ0) is 18.0. The second kappa shape index (κ2) is 6.78. The first-order valence-corrected chi connectivity index (χ1v) is 9.38. The van der Waals surface area contributed by atoms with Gasteiger partial charge in [-0.2, -0.15) is 5.10 Å². The summed E-state index contributed by atoms with van der Waals surface area (Å²) >= 11 is 0. The first-order chi connectivity index (χ1) is 11.9. The van der Waals surface area contributed by atoms with Gasteiger partial charge in [-0.1, -0.05) is 23.8 Å². The minimum absolute atomic E-state index is 0.185. The quantitative estimate of drug-likeness (QED) is 0.762. The van der Waals surface area contributed by atoms with Gasteiger partial charge in [0.1, 0.15) is 4.90 Å². The van der Waals surface area contributed by atoms with Crippen LogP contribution in [-0.4, -0.2) is 23.2 Å². The minimum Gasteiger partial charge on any atom is -0.264 e. The number of benzene rings is 1. The molecule has 0 bridgehead atoms. The Morgan fingerprint density at radius 2 is 1.80 bits per heavy atom. The molecule has 0 aliphatic carbocycles. The van der Waals surface area contributed by atoms with Crippen molar-refractivity contribution in [2.75, 3.05) is 0 Å². The largest absolute Gasteiger partial charge is 0.264 e. The average Bonchev–Trinajstić information content (AvgIpc) is 2.90. The zero-order valence-corrected chi connectivity index (χ0v) is 15.2. The van der Waals surface area contributed by atoms with Crippen molar-refractivity contribution in [3.8, 4) is 5.69 Å². The molecule has 0 unspecified atom stereocenters. The van der Waals surface area contributed by atoms with Crippen LogP contribution in [0.3, 0.4) is 0 Å². The Hall–Kier alpha value is -2.51. The van der Waals surface area contributed by atoms with Crippen molar-refractivity contribution < 1.29 is 8.42 Å². The van der Waals surface area contributed by atoms with E-state index in [1.807, 2.05) is 37.3 Å². The van der Waals surface area contributed by atoms with E-state index in [-0.39, 0.29) is 11.4 Å². The van der Waals surface area contributed by atoms with Crippen LogP contribution in [0.4, 0.5) is 0 Å². The van der Waals surface area contributed by atoms with Crippen molar-refractivity contribution in [2.24, 2.45) is 0 Å². The van der Waals surface area contributed by atoms with Crippen molar-refractivity contribution in [1.29, 1.82) is 0 Å². The van der Waals surface area contributed by atoms with Gasteiger partial charge in [0.25, 0.3) is 0 Å². The molecule has 0 atom stereocenters. The number of rotatable bonds is 5. The van der Waals surface area contributed by atoms with Crippen molar-refractivity contribution in [1.82, 2.24) is 19.5 Å². The maximum absolute atomic E-state index is 12.8. The van der Waals surface area contributed by atoms with Crippen LogP contribution in [-0.2, 0) is 16.6 Å².